The molecule has 0 atom stereocenters. The van der Waals surface area contributed by atoms with Gasteiger partial charge in [0.25, 0.3) is 11.8 Å². The van der Waals surface area contributed by atoms with E-state index in [1.165, 1.54) is 24.3 Å². The maximum atomic E-state index is 14.0. The van der Waals surface area contributed by atoms with Gasteiger partial charge in [0, 0.05) is 4.90 Å². The van der Waals surface area contributed by atoms with E-state index in [0.717, 1.165) is 12.1 Å². The first-order valence-corrected chi connectivity index (χ1v) is 8.25. The van der Waals surface area contributed by atoms with Gasteiger partial charge in [0.1, 0.15) is 5.82 Å². The zero-order valence-electron chi connectivity index (χ0n) is 13.1. The first-order valence-electron chi connectivity index (χ1n) is 7.44. The van der Waals surface area contributed by atoms with E-state index in [9.17, 15) is 27.2 Å². The standard InChI is InChI=1S/C18H11F4NO2S/c19-13-7-3-4-8-14(13)26-18(21,22)15(20)9-10-23-16(24)11-5-1-2-6-12(11)17(23)25/h1-9H,10H2/b15-9-. The molecule has 0 radical (unpaired) electrons. The van der Waals surface area contributed by atoms with Crippen LogP contribution < -0.4 is 0 Å². The molecule has 26 heavy (non-hydrogen) atoms. The minimum absolute atomic E-state index is 0.138. The summed E-state index contributed by atoms with van der Waals surface area (Å²) >= 11 is -0.288. The number of amides is 2. The van der Waals surface area contributed by atoms with Gasteiger partial charge in [-0.15, -0.1) is 0 Å². The van der Waals surface area contributed by atoms with Crippen molar-refractivity contribution < 1.29 is 27.2 Å². The summed E-state index contributed by atoms with van der Waals surface area (Å²) in [5.41, 5.74) is 0.276. The minimum Gasteiger partial charge on any atom is -0.270 e. The molecule has 1 aliphatic rings. The normalized spacial score (nSPS) is 14.8. The molecule has 0 saturated heterocycles. The van der Waals surface area contributed by atoms with Crippen LogP contribution in [0.25, 0.3) is 0 Å². The van der Waals surface area contributed by atoms with E-state index in [4.69, 9.17) is 0 Å². The van der Waals surface area contributed by atoms with Crippen LogP contribution in [0.5, 0.6) is 0 Å². The van der Waals surface area contributed by atoms with Crippen molar-refractivity contribution in [3.8, 4) is 0 Å². The van der Waals surface area contributed by atoms with E-state index in [2.05, 4.69) is 0 Å². The van der Waals surface area contributed by atoms with Gasteiger partial charge in [-0.3, -0.25) is 14.5 Å². The topological polar surface area (TPSA) is 37.4 Å². The summed E-state index contributed by atoms with van der Waals surface area (Å²) < 4.78 is 55.4. The molecule has 0 spiro atoms. The Morgan fingerprint density at radius 1 is 1.00 bits per heavy atom. The lowest BCUT2D eigenvalue weighted by Crippen LogP contribution is -2.30. The van der Waals surface area contributed by atoms with Crippen LogP contribution in [0.1, 0.15) is 20.7 Å². The third kappa shape index (κ3) is 3.37. The van der Waals surface area contributed by atoms with Crippen LogP contribution in [0.2, 0.25) is 0 Å². The quantitative estimate of drug-likeness (QED) is 0.430. The van der Waals surface area contributed by atoms with Gasteiger partial charge in [-0.25, -0.2) is 8.78 Å². The van der Waals surface area contributed by atoms with Crippen LogP contribution in [0.15, 0.2) is 65.3 Å². The Kier molecular flexibility index (Phi) is 4.86. The molecule has 0 saturated carbocycles. The molecule has 0 aromatic heterocycles. The number of nitrogens with zero attached hydrogens (tertiary/aromatic N) is 1. The predicted molar refractivity (Wildman–Crippen MR) is 88.2 cm³/mol. The summed E-state index contributed by atoms with van der Waals surface area (Å²) in [6.45, 7) is -0.647. The summed E-state index contributed by atoms with van der Waals surface area (Å²) in [4.78, 5) is 24.5. The highest BCUT2D eigenvalue weighted by Gasteiger charge is 2.39. The second-order valence-corrected chi connectivity index (χ2v) is 6.52. The number of rotatable bonds is 5. The van der Waals surface area contributed by atoms with Gasteiger partial charge in [-0.1, -0.05) is 24.3 Å². The van der Waals surface area contributed by atoms with Crippen LogP contribution >= 0.6 is 11.8 Å². The van der Waals surface area contributed by atoms with Gasteiger partial charge in [0.2, 0.25) is 0 Å². The highest BCUT2D eigenvalue weighted by Crippen LogP contribution is 2.42. The van der Waals surface area contributed by atoms with Crippen molar-refractivity contribution in [3.05, 3.63) is 77.4 Å². The minimum atomic E-state index is -4.04. The Balaban J connectivity index is 1.75. The lowest BCUT2D eigenvalue weighted by molar-refractivity contribution is 0.0667. The van der Waals surface area contributed by atoms with E-state index in [1.54, 1.807) is 12.1 Å². The van der Waals surface area contributed by atoms with E-state index < -0.39 is 40.2 Å². The largest absolute Gasteiger partial charge is 0.349 e. The zero-order valence-corrected chi connectivity index (χ0v) is 13.9. The molecule has 1 aliphatic heterocycles. The number of imide groups is 1. The highest BCUT2D eigenvalue weighted by molar-refractivity contribution is 8.00. The highest BCUT2D eigenvalue weighted by atomic mass is 32.2. The fourth-order valence-electron chi connectivity index (χ4n) is 2.41. The fraction of sp³-hybridized carbons (Fsp3) is 0.111. The van der Waals surface area contributed by atoms with E-state index >= 15 is 0 Å². The second-order valence-electron chi connectivity index (χ2n) is 5.37. The summed E-state index contributed by atoms with van der Waals surface area (Å²) in [6, 6.07) is 10.7. The summed E-state index contributed by atoms with van der Waals surface area (Å²) in [6.07, 6.45) is 0.454. The molecule has 0 aliphatic carbocycles. The van der Waals surface area contributed by atoms with Crippen LogP contribution in [-0.4, -0.2) is 28.5 Å². The van der Waals surface area contributed by atoms with E-state index in [1.807, 2.05) is 0 Å². The molecule has 2 aromatic carbocycles. The summed E-state index contributed by atoms with van der Waals surface area (Å²) in [5.74, 6) is -4.12. The van der Waals surface area contributed by atoms with Crippen molar-refractivity contribution in [3.63, 3.8) is 0 Å². The van der Waals surface area contributed by atoms with Crippen LogP contribution in [0.3, 0.4) is 0 Å². The maximum Gasteiger partial charge on any atom is 0.349 e. The van der Waals surface area contributed by atoms with Gasteiger partial charge >= 0.3 is 5.25 Å². The van der Waals surface area contributed by atoms with Crippen LogP contribution in [0, 0.1) is 5.82 Å². The lowest BCUT2D eigenvalue weighted by Gasteiger charge is -2.16. The number of hydrogen-bond donors (Lipinski definition) is 0. The molecule has 0 bridgehead atoms. The zero-order chi connectivity index (χ0) is 18.9. The third-order valence-corrected chi connectivity index (χ3v) is 4.69. The van der Waals surface area contributed by atoms with E-state index in [0.29, 0.717) is 11.0 Å². The van der Waals surface area contributed by atoms with Crippen molar-refractivity contribution in [2.75, 3.05) is 6.54 Å². The lowest BCUT2D eigenvalue weighted by atomic mass is 10.1. The Morgan fingerprint density at radius 2 is 1.54 bits per heavy atom. The van der Waals surface area contributed by atoms with Gasteiger partial charge in [0.05, 0.1) is 17.7 Å². The molecule has 2 amide bonds. The SMILES string of the molecule is O=C1c2ccccc2C(=O)N1C/C=C(\F)C(F)(F)Sc1ccccc1F. The number of thioether (sulfide) groups is 1. The number of benzene rings is 2. The van der Waals surface area contributed by atoms with Crippen molar-refractivity contribution in [2.45, 2.75) is 10.2 Å². The molecule has 8 heteroatoms. The number of halogens is 4. The number of hydrogen-bond acceptors (Lipinski definition) is 3. The predicted octanol–water partition coefficient (Wildman–Crippen LogP) is 4.66. The van der Waals surface area contributed by atoms with Gasteiger partial charge in [0.15, 0.2) is 5.83 Å². The molecular formula is C18H11F4NO2S. The number of carbonyl (C=O) groups is 2. The molecule has 0 fully saturated rings. The van der Waals surface area contributed by atoms with Gasteiger partial charge in [-0.05, 0) is 42.1 Å². The summed E-state index contributed by atoms with van der Waals surface area (Å²) in [7, 11) is 0. The van der Waals surface area contributed by atoms with Crippen LogP contribution in [-0.2, 0) is 0 Å². The molecule has 134 valence electrons. The van der Waals surface area contributed by atoms with E-state index in [-0.39, 0.29) is 22.9 Å². The maximum absolute atomic E-state index is 14.0. The third-order valence-electron chi connectivity index (χ3n) is 3.68. The first-order chi connectivity index (χ1) is 12.3. The van der Waals surface area contributed by atoms with Crippen molar-refractivity contribution in [1.29, 1.82) is 0 Å². The number of carbonyl (C=O) groups excluding carboxylic acids is 2. The molecule has 3 nitrogen and oxygen atoms in total. The van der Waals surface area contributed by atoms with Gasteiger partial charge < -0.3 is 0 Å². The molecular weight excluding hydrogens is 370 g/mol. The van der Waals surface area contributed by atoms with Gasteiger partial charge in [-0.2, -0.15) is 8.78 Å². The molecule has 1 heterocycles. The number of alkyl halides is 2. The van der Waals surface area contributed by atoms with Crippen molar-refractivity contribution >= 4 is 23.6 Å². The molecule has 0 unspecified atom stereocenters. The molecule has 3 rings (SSSR count). The molecule has 0 N–H and O–H groups in total. The fourth-order valence-corrected chi connectivity index (χ4v) is 3.18. The van der Waals surface area contributed by atoms with Crippen molar-refractivity contribution in [1.82, 2.24) is 4.90 Å². The first kappa shape index (κ1) is 18.2. The Bertz CT molecular complexity index is 879. The average Bonchev–Trinajstić information content (AvgIpc) is 2.86. The monoisotopic (exact) mass is 381 g/mol. The average molecular weight is 381 g/mol. The summed E-state index contributed by atoms with van der Waals surface area (Å²) in [5, 5.41) is -4.04. The Labute approximate surface area is 150 Å². The van der Waals surface area contributed by atoms with Crippen molar-refractivity contribution in [2.24, 2.45) is 0 Å². The number of fused-ring (bicyclic) bond motifs is 1. The Hall–Kier alpha value is -2.61. The van der Waals surface area contributed by atoms with Crippen LogP contribution in [0.4, 0.5) is 17.6 Å². The second kappa shape index (κ2) is 6.95. The molecule has 2 aromatic rings. The smallest absolute Gasteiger partial charge is 0.270 e. The Morgan fingerprint density at radius 3 is 2.12 bits per heavy atom.